The number of hydrogen-bond acceptors (Lipinski definition) is 10. The third-order valence-corrected chi connectivity index (χ3v) is 12.0. The molecule has 0 aliphatic carbocycles. The molecule has 1 unspecified atom stereocenters. The van der Waals surface area contributed by atoms with E-state index in [0.717, 1.165) is 0 Å². The van der Waals surface area contributed by atoms with Gasteiger partial charge in [-0.1, -0.05) is 6.92 Å². The van der Waals surface area contributed by atoms with E-state index in [1.54, 1.807) is 6.92 Å². The van der Waals surface area contributed by atoms with Crippen molar-refractivity contribution in [2.45, 2.75) is 37.8 Å². The van der Waals surface area contributed by atoms with Crippen LogP contribution >= 0.6 is 22.8 Å². The lowest BCUT2D eigenvalue weighted by atomic mass is 10.2. The normalized spacial score (nSPS) is 15.2. The Hall–Kier alpha value is 0.410. The summed E-state index contributed by atoms with van der Waals surface area (Å²) in [6.45, 7) is 3.68. The van der Waals surface area contributed by atoms with Gasteiger partial charge in [0.25, 0.3) is 0 Å². The Morgan fingerprint density at radius 3 is 1.46 bits per heavy atom. The van der Waals surface area contributed by atoms with Crippen LogP contribution in [0.1, 0.15) is 26.7 Å². The molecule has 0 saturated heterocycles. The van der Waals surface area contributed by atoms with Crippen LogP contribution in [0, 0.1) is 0 Å². The van der Waals surface area contributed by atoms with Crippen molar-refractivity contribution in [2.75, 3.05) is 48.8 Å². The molecule has 0 aliphatic rings. The minimum Gasteiger partial charge on any atom is -0.312 e. The van der Waals surface area contributed by atoms with Gasteiger partial charge >= 0.3 is 22.8 Å². The Labute approximate surface area is 156 Å². The molecule has 13 heteroatoms. The first kappa shape index (κ1) is 26.4. The molecule has 26 heavy (non-hydrogen) atoms. The van der Waals surface area contributed by atoms with Gasteiger partial charge in [-0.3, -0.25) is 19.0 Å². The lowest BCUT2D eigenvalue weighted by Gasteiger charge is -2.43. The first-order valence-corrected chi connectivity index (χ1v) is 12.8. The molecule has 0 radical (unpaired) electrons. The summed E-state index contributed by atoms with van der Waals surface area (Å²) >= 11 is 0. The zero-order chi connectivity index (χ0) is 20.6. The topological polar surface area (TPSA) is 119 Å². The van der Waals surface area contributed by atoms with Crippen LogP contribution in [-0.2, 0) is 40.8 Å². The van der Waals surface area contributed by atoms with Crippen molar-refractivity contribution in [3.8, 4) is 0 Å². The molecule has 158 valence electrons. The van der Waals surface area contributed by atoms with E-state index < -0.39 is 27.8 Å². The van der Waals surface area contributed by atoms with E-state index in [0.29, 0.717) is 6.42 Å². The number of hydrogen-bond donors (Lipinski definition) is 1. The van der Waals surface area contributed by atoms with E-state index in [-0.39, 0.29) is 18.6 Å². The lowest BCUT2D eigenvalue weighted by molar-refractivity contribution is 0.202. The molecule has 0 aliphatic heterocycles. The van der Waals surface area contributed by atoms with Crippen molar-refractivity contribution in [1.29, 1.82) is 0 Å². The maximum atomic E-state index is 13.5. The SMILES string of the molecule is CCC(C)NC(CCP(=O)(OC)OC)(P(=O)(OC)OC)P(=O)(OC)OC. The van der Waals surface area contributed by atoms with Gasteiger partial charge in [0.1, 0.15) is 0 Å². The number of rotatable bonds is 14. The summed E-state index contributed by atoms with van der Waals surface area (Å²) in [7, 11) is -4.61. The quantitative estimate of drug-likeness (QED) is 0.400. The Balaban J connectivity index is 6.52. The summed E-state index contributed by atoms with van der Waals surface area (Å²) < 4.78 is 70.0. The van der Waals surface area contributed by atoms with Crippen LogP contribution in [0.3, 0.4) is 0 Å². The average molecular weight is 439 g/mol. The highest BCUT2D eigenvalue weighted by Gasteiger charge is 2.65. The van der Waals surface area contributed by atoms with Crippen LogP contribution in [0.25, 0.3) is 0 Å². The Morgan fingerprint density at radius 2 is 1.19 bits per heavy atom. The fraction of sp³-hybridized carbons (Fsp3) is 1.00. The van der Waals surface area contributed by atoms with Gasteiger partial charge in [-0.25, -0.2) is 0 Å². The summed E-state index contributed by atoms with van der Waals surface area (Å²) in [5.41, 5.74) is 0. The summed E-state index contributed by atoms with van der Waals surface area (Å²) in [5.74, 6) is 0. The summed E-state index contributed by atoms with van der Waals surface area (Å²) in [6, 6.07) is -0.267. The van der Waals surface area contributed by atoms with Crippen molar-refractivity contribution in [2.24, 2.45) is 0 Å². The van der Waals surface area contributed by atoms with Crippen molar-refractivity contribution < 1.29 is 40.8 Å². The third-order valence-electron chi connectivity index (χ3n) is 4.25. The zero-order valence-corrected chi connectivity index (χ0v) is 19.4. The smallest absolute Gasteiger partial charge is 0.312 e. The van der Waals surface area contributed by atoms with Crippen molar-refractivity contribution in [1.82, 2.24) is 5.32 Å². The molecular formula is C13H32NO9P3. The van der Waals surface area contributed by atoms with Crippen LogP contribution in [0.5, 0.6) is 0 Å². The third kappa shape index (κ3) is 5.26. The van der Waals surface area contributed by atoms with Crippen molar-refractivity contribution in [3.05, 3.63) is 0 Å². The minimum atomic E-state index is -4.11. The molecule has 0 aromatic heterocycles. The Bertz CT molecular complexity index is 521. The average Bonchev–Trinajstić information content (AvgIpc) is 2.68. The second-order valence-corrected chi connectivity index (χ2v) is 13.2. The van der Waals surface area contributed by atoms with E-state index in [2.05, 4.69) is 5.32 Å². The highest BCUT2D eigenvalue weighted by atomic mass is 31.2. The van der Waals surface area contributed by atoms with Crippen LogP contribution < -0.4 is 5.32 Å². The Morgan fingerprint density at radius 1 is 0.808 bits per heavy atom. The molecule has 1 atom stereocenters. The summed E-state index contributed by atoms with van der Waals surface area (Å²) in [4.78, 5) is 0. The maximum Gasteiger partial charge on any atom is 0.362 e. The van der Waals surface area contributed by atoms with Gasteiger partial charge in [0.2, 0.25) is 5.02 Å². The molecule has 0 spiro atoms. The standard InChI is InChI=1S/C13H32NO9P3/c1-9-12(2)14-13(25(16,20-5)21-6,26(17,22-7)23-8)10-11-24(15,18-3)19-4/h12,14H,9-11H2,1-8H3. The van der Waals surface area contributed by atoms with Crippen LogP contribution in [0.15, 0.2) is 0 Å². The van der Waals surface area contributed by atoms with Gasteiger partial charge in [0.05, 0.1) is 6.16 Å². The fourth-order valence-corrected chi connectivity index (χ4v) is 9.14. The molecule has 0 fully saturated rings. The molecule has 0 bridgehead atoms. The zero-order valence-electron chi connectivity index (χ0n) is 16.7. The largest absolute Gasteiger partial charge is 0.362 e. The van der Waals surface area contributed by atoms with Gasteiger partial charge in [0, 0.05) is 55.1 Å². The van der Waals surface area contributed by atoms with E-state index in [1.165, 1.54) is 42.7 Å². The second-order valence-electron chi connectivity index (χ2n) is 5.45. The minimum absolute atomic E-state index is 0.225. The van der Waals surface area contributed by atoms with Crippen LogP contribution in [0.2, 0.25) is 0 Å². The summed E-state index contributed by atoms with van der Waals surface area (Å²) in [5, 5.41) is 1.11. The molecule has 10 nitrogen and oxygen atoms in total. The van der Waals surface area contributed by atoms with E-state index in [4.69, 9.17) is 27.1 Å². The van der Waals surface area contributed by atoms with Gasteiger partial charge in [-0.2, -0.15) is 0 Å². The molecule has 0 aromatic carbocycles. The highest BCUT2D eigenvalue weighted by molar-refractivity contribution is 7.74. The van der Waals surface area contributed by atoms with Gasteiger partial charge < -0.3 is 27.1 Å². The monoisotopic (exact) mass is 439 g/mol. The van der Waals surface area contributed by atoms with E-state index >= 15 is 0 Å². The predicted molar refractivity (Wildman–Crippen MR) is 100.0 cm³/mol. The van der Waals surface area contributed by atoms with Crippen molar-refractivity contribution in [3.63, 3.8) is 0 Å². The molecule has 0 heterocycles. The van der Waals surface area contributed by atoms with E-state index in [9.17, 15) is 13.7 Å². The molecule has 0 amide bonds. The predicted octanol–water partition coefficient (Wildman–Crippen LogP) is 3.88. The molecule has 0 rings (SSSR count). The number of nitrogens with one attached hydrogen (secondary N) is 1. The Kier molecular flexibility index (Phi) is 11.0. The second kappa shape index (κ2) is 10.8. The fourth-order valence-electron chi connectivity index (χ4n) is 2.45. The molecule has 1 N–H and O–H groups in total. The maximum absolute atomic E-state index is 13.5. The highest BCUT2D eigenvalue weighted by Crippen LogP contribution is 2.77. The lowest BCUT2D eigenvalue weighted by Crippen LogP contribution is -2.50. The van der Waals surface area contributed by atoms with Crippen LogP contribution in [0.4, 0.5) is 0 Å². The van der Waals surface area contributed by atoms with Crippen LogP contribution in [-0.4, -0.2) is 59.9 Å². The van der Waals surface area contributed by atoms with E-state index in [1.807, 2.05) is 6.92 Å². The van der Waals surface area contributed by atoms with Gasteiger partial charge in [-0.15, -0.1) is 0 Å². The first-order valence-electron chi connectivity index (χ1n) is 7.94. The van der Waals surface area contributed by atoms with Crippen molar-refractivity contribution >= 4 is 22.8 Å². The van der Waals surface area contributed by atoms with Gasteiger partial charge in [-0.05, 0) is 13.3 Å². The molecular weight excluding hydrogens is 407 g/mol. The molecule has 0 saturated carbocycles. The molecule has 0 aromatic rings. The first-order chi connectivity index (χ1) is 12.0. The summed E-state index contributed by atoms with van der Waals surface area (Å²) in [6.07, 6.45) is 0.139. The van der Waals surface area contributed by atoms with Gasteiger partial charge in [0.15, 0.2) is 0 Å².